The minimum atomic E-state index is 0.402. The van der Waals surface area contributed by atoms with Crippen molar-refractivity contribution < 1.29 is 4.74 Å². The van der Waals surface area contributed by atoms with E-state index in [1.807, 2.05) is 7.05 Å². The van der Waals surface area contributed by atoms with Crippen molar-refractivity contribution in [2.24, 2.45) is 10.9 Å². The van der Waals surface area contributed by atoms with Crippen LogP contribution in [-0.4, -0.2) is 38.8 Å². The third-order valence-electron chi connectivity index (χ3n) is 4.50. The molecule has 1 aliphatic carbocycles. The van der Waals surface area contributed by atoms with Crippen molar-refractivity contribution in [3.05, 3.63) is 22.4 Å². The molecule has 4 nitrogen and oxygen atoms in total. The van der Waals surface area contributed by atoms with Gasteiger partial charge in [0.1, 0.15) is 0 Å². The Morgan fingerprint density at radius 1 is 1.35 bits per heavy atom. The summed E-state index contributed by atoms with van der Waals surface area (Å²) in [7, 11) is 1.83. The molecule has 2 rings (SSSR count). The SMILES string of the molecule is CCOC(CCNC(=NC)NCCc1cccs1)C1CCCC1. The lowest BCUT2D eigenvalue weighted by atomic mass is 9.98. The minimum Gasteiger partial charge on any atom is -0.378 e. The maximum absolute atomic E-state index is 5.97. The van der Waals surface area contributed by atoms with Crippen LogP contribution in [0.3, 0.4) is 0 Å². The zero-order valence-corrected chi connectivity index (χ0v) is 15.3. The Kier molecular flexibility index (Phi) is 8.47. The van der Waals surface area contributed by atoms with E-state index in [1.165, 1.54) is 30.6 Å². The van der Waals surface area contributed by atoms with Crippen LogP contribution in [0, 0.1) is 5.92 Å². The van der Waals surface area contributed by atoms with Crippen molar-refractivity contribution in [1.29, 1.82) is 0 Å². The maximum atomic E-state index is 5.97. The van der Waals surface area contributed by atoms with Gasteiger partial charge in [-0.25, -0.2) is 0 Å². The highest BCUT2D eigenvalue weighted by Gasteiger charge is 2.24. The van der Waals surface area contributed by atoms with E-state index < -0.39 is 0 Å². The van der Waals surface area contributed by atoms with Crippen molar-refractivity contribution in [1.82, 2.24) is 10.6 Å². The second-order valence-corrected chi connectivity index (χ2v) is 7.11. The Morgan fingerprint density at radius 3 is 2.78 bits per heavy atom. The summed E-state index contributed by atoms with van der Waals surface area (Å²) >= 11 is 1.81. The van der Waals surface area contributed by atoms with E-state index in [4.69, 9.17) is 4.74 Å². The summed E-state index contributed by atoms with van der Waals surface area (Å²) in [6.07, 6.45) is 7.91. The van der Waals surface area contributed by atoms with Gasteiger partial charge in [0.15, 0.2) is 5.96 Å². The lowest BCUT2D eigenvalue weighted by Crippen LogP contribution is -2.40. The molecule has 1 aromatic heterocycles. The molecule has 0 spiro atoms. The number of ether oxygens (including phenoxy) is 1. The zero-order valence-electron chi connectivity index (χ0n) is 14.5. The summed E-state index contributed by atoms with van der Waals surface area (Å²) in [4.78, 5) is 5.71. The normalized spacial score (nSPS) is 17.4. The fourth-order valence-corrected chi connectivity index (χ4v) is 4.02. The predicted molar refractivity (Wildman–Crippen MR) is 99.4 cm³/mol. The number of nitrogens with zero attached hydrogens (tertiary/aromatic N) is 1. The molecule has 1 unspecified atom stereocenters. The Hall–Kier alpha value is -1.07. The molecule has 0 aliphatic heterocycles. The van der Waals surface area contributed by atoms with Gasteiger partial charge >= 0.3 is 0 Å². The second-order valence-electron chi connectivity index (χ2n) is 6.08. The number of hydrogen-bond acceptors (Lipinski definition) is 3. The highest BCUT2D eigenvalue weighted by Crippen LogP contribution is 2.30. The monoisotopic (exact) mass is 337 g/mol. The fraction of sp³-hybridized carbons (Fsp3) is 0.722. The molecule has 1 heterocycles. The molecule has 2 N–H and O–H groups in total. The maximum Gasteiger partial charge on any atom is 0.190 e. The molecule has 0 saturated heterocycles. The van der Waals surface area contributed by atoms with Gasteiger partial charge in [-0.3, -0.25) is 4.99 Å². The molecule has 23 heavy (non-hydrogen) atoms. The first-order chi connectivity index (χ1) is 11.3. The number of hydrogen-bond donors (Lipinski definition) is 2. The molecule has 1 atom stereocenters. The first-order valence-electron chi connectivity index (χ1n) is 8.92. The largest absolute Gasteiger partial charge is 0.378 e. The molecule has 130 valence electrons. The second kappa shape index (κ2) is 10.7. The van der Waals surface area contributed by atoms with Crippen molar-refractivity contribution in [2.45, 2.75) is 51.6 Å². The molecule has 1 aromatic rings. The van der Waals surface area contributed by atoms with Gasteiger partial charge in [-0.2, -0.15) is 0 Å². The lowest BCUT2D eigenvalue weighted by Gasteiger charge is -2.24. The highest BCUT2D eigenvalue weighted by atomic mass is 32.1. The summed E-state index contributed by atoms with van der Waals surface area (Å²) < 4.78 is 5.97. The standard InChI is InChI=1S/C18H31N3OS/c1-3-22-17(15-7-4-5-8-15)11-13-21-18(19-2)20-12-10-16-9-6-14-23-16/h6,9,14-15,17H,3-5,7-8,10-13H2,1-2H3,(H2,19,20,21). The Balaban J connectivity index is 1.65. The number of nitrogens with one attached hydrogen (secondary N) is 2. The molecule has 0 bridgehead atoms. The summed E-state index contributed by atoms with van der Waals surface area (Å²) in [5.41, 5.74) is 0. The number of guanidine groups is 1. The Bertz CT molecular complexity index is 441. The number of thiophene rings is 1. The van der Waals surface area contributed by atoms with Crippen molar-refractivity contribution >= 4 is 17.3 Å². The van der Waals surface area contributed by atoms with Gasteiger partial charge in [-0.05, 0) is 50.0 Å². The summed E-state index contributed by atoms with van der Waals surface area (Å²) in [5, 5.41) is 8.94. The van der Waals surface area contributed by atoms with E-state index >= 15 is 0 Å². The van der Waals surface area contributed by atoms with Gasteiger partial charge in [0.2, 0.25) is 0 Å². The first-order valence-corrected chi connectivity index (χ1v) is 9.80. The molecule has 0 radical (unpaired) electrons. The molecular weight excluding hydrogens is 306 g/mol. The molecule has 0 amide bonds. The number of aliphatic imine (C=N–C) groups is 1. The minimum absolute atomic E-state index is 0.402. The average molecular weight is 338 g/mol. The van der Waals surface area contributed by atoms with Crippen LogP contribution >= 0.6 is 11.3 Å². The van der Waals surface area contributed by atoms with Crippen LogP contribution < -0.4 is 10.6 Å². The molecule has 1 fully saturated rings. The van der Waals surface area contributed by atoms with E-state index in [1.54, 1.807) is 11.3 Å². The van der Waals surface area contributed by atoms with Crippen LogP contribution in [0.5, 0.6) is 0 Å². The van der Waals surface area contributed by atoms with Gasteiger partial charge in [-0.15, -0.1) is 11.3 Å². The topological polar surface area (TPSA) is 45.6 Å². The van der Waals surface area contributed by atoms with Crippen LogP contribution in [0.2, 0.25) is 0 Å². The number of rotatable bonds is 9. The predicted octanol–water partition coefficient (Wildman–Crippen LogP) is 3.44. The lowest BCUT2D eigenvalue weighted by molar-refractivity contribution is 0.0169. The van der Waals surface area contributed by atoms with Gasteiger partial charge in [0.05, 0.1) is 6.10 Å². The summed E-state index contributed by atoms with van der Waals surface area (Å²) in [6, 6.07) is 4.28. The molecule has 1 aliphatic rings. The first kappa shape index (κ1) is 18.3. The fourth-order valence-electron chi connectivity index (χ4n) is 3.31. The van der Waals surface area contributed by atoms with Gasteiger partial charge in [0, 0.05) is 31.6 Å². The quantitative estimate of drug-likeness (QED) is 0.536. The van der Waals surface area contributed by atoms with Crippen molar-refractivity contribution in [2.75, 3.05) is 26.7 Å². The van der Waals surface area contributed by atoms with Crippen LogP contribution in [0.25, 0.3) is 0 Å². The van der Waals surface area contributed by atoms with Crippen LogP contribution in [0.15, 0.2) is 22.5 Å². The van der Waals surface area contributed by atoms with Gasteiger partial charge in [-0.1, -0.05) is 18.9 Å². The van der Waals surface area contributed by atoms with E-state index in [2.05, 4.69) is 40.1 Å². The summed E-state index contributed by atoms with van der Waals surface area (Å²) in [6.45, 7) is 4.74. The van der Waals surface area contributed by atoms with Crippen molar-refractivity contribution in [3.63, 3.8) is 0 Å². The van der Waals surface area contributed by atoms with Crippen LogP contribution in [-0.2, 0) is 11.2 Å². The van der Waals surface area contributed by atoms with Crippen LogP contribution in [0.1, 0.15) is 43.9 Å². The van der Waals surface area contributed by atoms with Crippen LogP contribution in [0.4, 0.5) is 0 Å². The molecule has 5 heteroatoms. The molecular formula is C18H31N3OS. The van der Waals surface area contributed by atoms with E-state index in [-0.39, 0.29) is 0 Å². The Morgan fingerprint density at radius 2 is 2.13 bits per heavy atom. The highest BCUT2D eigenvalue weighted by molar-refractivity contribution is 7.09. The van der Waals surface area contributed by atoms with E-state index in [0.29, 0.717) is 6.10 Å². The van der Waals surface area contributed by atoms with E-state index in [0.717, 1.165) is 44.4 Å². The smallest absolute Gasteiger partial charge is 0.190 e. The van der Waals surface area contributed by atoms with Gasteiger partial charge in [0.25, 0.3) is 0 Å². The van der Waals surface area contributed by atoms with Gasteiger partial charge < -0.3 is 15.4 Å². The third kappa shape index (κ3) is 6.51. The average Bonchev–Trinajstić information content (AvgIpc) is 3.26. The summed E-state index contributed by atoms with van der Waals surface area (Å²) in [5.74, 6) is 1.65. The third-order valence-corrected chi connectivity index (χ3v) is 5.43. The molecule has 0 aromatic carbocycles. The zero-order chi connectivity index (χ0) is 16.3. The Labute approximate surface area is 144 Å². The van der Waals surface area contributed by atoms with E-state index in [9.17, 15) is 0 Å². The van der Waals surface area contributed by atoms with Crippen molar-refractivity contribution in [3.8, 4) is 0 Å². The molecule has 1 saturated carbocycles.